The molecule has 1 aromatic rings. The zero-order valence-corrected chi connectivity index (χ0v) is 9.09. The van der Waals surface area contributed by atoms with Crippen molar-refractivity contribution >= 4 is 11.9 Å². The molecule has 0 radical (unpaired) electrons. The molecule has 6 nitrogen and oxygen atoms in total. The molecule has 2 rings (SSSR count). The van der Waals surface area contributed by atoms with Crippen LogP contribution < -0.4 is 5.32 Å². The predicted octanol–water partition coefficient (Wildman–Crippen LogP) is -0.254. The van der Waals surface area contributed by atoms with Crippen LogP contribution in [0.15, 0.2) is 18.5 Å². The Morgan fingerprint density at radius 3 is 2.88 bits per heavy atom. The molecule has 1 aliphatic heterocycles. The second-order valence-corrected chi connectivity index (χ2v) is 3.65. The van der Waals surface area contributed by atoms with Gasteiger partial charge in [-0.3, -0.25) is 4.79 Å². The molecule has 0 aliphatic carbocycles. The fourth-order valence-electron chi connectivity index (χ4n) is 1.54. The predicted molar refractivity (Wildman–Crippen MR) is 57.9 cm³/mol. The highest BCUT2D eigenvalue weighted by Crippen LogP contribution is 2.11. The van der Waals surface area contributed by atoms with Crippen LogP contribution in [0.25, 0.3) is 0 Å². The lowest BCUT2D eigenvalue weighted by molar-refractivity contribution is -0.139. The Bertz CT molecular complexity index is 351. The van der Waals surface area contributed by atoms with E-state index in [0.717, 1.165) is 0 Å². The average Bonchev–Trinajstić information content (AvgIpc) is 2.24. The Labute approximate surface area is 93.6 Å². The van der Waals surface area contributed by atoms with Crippen molar-refractivity contribution < 1.29 is 9.53 Å². The van der Waals surface area contributed by atoms with E-state index in [4.69, 9.17) is 4.74 Å². The summed E-state index contributed by atoms with van der Waals surface area (Å²) in [6.45, 7) is 1.51. The molecule has 1 aromatic heterocycles. The maximum atomic E-state index is 11.4. The first-order valence-corrected chi connectivity index (χ1v) is 5.10. The van der Waals surface area contributed by atoms with Gasteiger partial charge in [0.05, 0.1) is 6.04 Å². The third-order valence-corrected chi connectivity index (χ3v) is 2.40. The van der Waals surface area contributed by atoms with Crippen molar-refractivity contribution in [3.05, 3.63) is 18.5 Å². The van der Waals surface area contributed by atoms with Crippen molar-refractivity contribution in [1.82, 2.24) is 14.9 Å². The van der Waals surface area contributed by atoms with Gasteiger partial charge >= 0.3 is 0 Å². The number of nitrogens with zero attached hydrogens (tertiary/aromatic N) is 3. The lowest BCUT2D eigenvalue weighted by atomic mass is 10.1. The first-order chi connectivity index (χ1) is 7.79. The lowest BCUT2D eigenvalue weighted by Gasteiger charge is -2.39. The second kappa shape index (κ2) is 4.89. The number of hydrogen-bond acceptors (Lipinski definition) is 5. The van der Waals surface area contributed by atoms with Crippen molar-refractivity contribution in [3.8, 4) is 0 Å². The summed E-state index contributed by atoms with van der Waals surface area (Å²) < 4.78 is 4.78. The summed E-state index contributed by atoms with van der Waals surface area (Å²) in [6, 6.07) is 2.00. The summed E-state index contributed by atoms with van der Waals surface area (Å²) in [6.07, 6.45) is 3.36. The van der Waals surface area contributed by atoms with Crippen LogP contribution in [0, 0.1) is 0 Å². The molecule has 86 valence electrons. The number of carbonyl (C=O) groups is 1. The smallest absolute Gasteiger partial charge is 0.248 e. The van der Waals surface area contributed by atoms with Gasteiger partial charge in [-0.05, 0) is 6.07 Å². The summed E-state index contributed by atoms with van der Waals surface area (Å²) in [5, 5.41) is 3.15. The molecular formula is C10H14N4O2. The molecule has 0 unspecified atom stereocenters. The monoisotopic (exact) mass is 222 g/mol. The maximum absolute atomic E-state index is 11.4. The standard InChI is InChI=1S/C10H14N4O2/c1-16-7-9(15)14-5-8(6-14)13-10-11-3-2-4-12-10/h2-4,8H,5-7H2,1H3,(H,11,12,13). The van der Waals surface area contributed by atoms with E-state index in [1.165, 1.54) is 7.11 Å². The molecule has 0 aromatic carbocycles. The molecular weight excluding hydrogens is 208 g/mol. The fraction of sp³-hybridized carbons (Fsp3) is 0.500. The zero-order chi connectivity index (χ0) is 11.4. The van der Waals surface area contributed by atoms with E-state index in [9.17, 15) is 4.79 Å². The van der Waals surface area contributed by atoms with Crippen molar-refractivity contribution in [2.45, 2.75) is 6.04 Å². The topological polar surface area (TPSA) is 67.3 Å². The summed E-state index contributed by atoms with van der Waals surface area (Å²) in [7, 11) is 1.52. The highest BCUT2D eigenvalue weighted by Gasteiger charge is 2.30. The summed E-state index contributed by atoms with van der Waals surface area (Å²) in [5.74, 6) is 0.626. The zero-order valence-electron chi connectivity index (χ0n) is 9.09. The van der Waals surface area contributed by atoms with E-state index in [2.05, 4.69) is 15.3 Å². The number of hydrogen-bond donors (Lipinski definition) is 1. The van der Waals surface area contributed by atoms with Gasteiger partial charge in [0.15, 0.2) is 0 Å². The van der Waals surface area contributed by atoms with E-state index in [-0.39, 0.29) is 18.6 Å². The molecule has 1 fully saturated rings. The number of anilines is 1. The fourth-order valence-corrected chi connectivity index (χ4v) is 1.54. The first kappa shape index (κ1) is 10.8. The van der Waals surface area contributed by atoms with Crippen LogP contribution in [0.4, 0.5) is 5.95 Å². The molecule has 0 atom stereocenters. The molecule has 0 bridgehead atoms. The minimum absolute atomic E-state index is 0.0227. The lowest BCUT2D eigenvalue weighted by Crippen LogP contribution is -2.58. The Morgan fingerprint density at radius 1 is 1.56 bits per heavy atom. The summed E-state index contributed by atoms with van der Waals surface area (Å²) in [4.78, 5) is 21.2. The number of ether oxygens (including phenoxy) is 1. The van der Waals surface area contributed by atoms with Gasteiger partial charge in [0, 0.05) is 32.6 Å². The van der Waals surface area contributed by atoms with Gasteiger partial charge in [-0.25, -0.2) is 9.97 Å². The van der Waals surface area contributed by atoms with Crippen molar-refractivity contribution in [1.29, 1.82) is 0 Å². The van der Waals surface area contributed by atoms with Crippen molar-refractivity contribution in [2.24, 2.45) is 0 Å². The third kappa shape index (κ3) is 2.46. The molecule has 6 heteroatoms. The molecule has 1 aliphatic rings. The summed E-state index contributed by atoms with van der Waals surface area (Å²) in [5.41, 5.74) is 0. The second-order valence-electron chi connectivity index (χ2n) is 3.65. The molecule has 0 spiro atoms. The first-order valence-electron chi connectivity index (χ1n) is 5.10. The quantitative estimate of drug-likeness (QED) is 0.760. The van der Waals surface area contributed by atoms with Gasteiger partial charge < -0.3 is 15.0 Å². The van der Waals surface area contributed by atoms with E-state index in [1.54, 1.807) is 23.4 Å². The Balaban J connectivity index is 1.75. The van der Waals surface area contributed by atoms with Crippen LogP contribution in [0.1, 0.15) is 0 Å². The van der Waals surface area contributed by atoms with Gasteiger partial charge in [-0.1, -0.05) is 0 Å². The van der Waals surface area contributed by atoms with E-state index < -0.39 is 0 Å². The number of methoxy groups -OCH3 is 1. The average molecular weight is 222 g/mol. The van der Waals surface area contributed by atoms with Crippen LogP contribution in [0.2, 0.25) is 0 Å². The SMILES string of the molecule is COCC(=O)N1CC(Nc2ncccn2)C1. The number of amides is 1. The number of nitrogens with one attached hydrogen (secondary N) is 1. The van der Waals surface area contributed by atoms with Crippen LogP contribution in [-0.4, -0.2) is 53.6 Å². The minimum atomic E-state index is 0.0227. The van der Waals surface area contributed by atoms with Gasteiger partial charge in [-0.15, -0.1) is 0 Å². The van der Waals surface area contributed by atoms with Gasteiger partial charge in [0.1, 0.15) is 6.61 Å². The third-order valence-electron chi connectivity index (χ3n) is 2.40. The largest absolute Gasteiger partial charge is 0.375 e. The normalized spacial score (nSPS) is 15.7. The number of rotatable bonds is 4. The van der Waals surface area contributed by atoms with Gasteiger partial charge in [0.25, 0.3) is 0 Å². The van der Waals surface area contributed by atoms with Crippen LogP contribution in [-0.2, 0) is 9.53 Å². The minimum Gasteiger partial charge on any atom is -0.375 e. The molecule has 2 heterocycles. The Morgan fingerprint density at radius 2 is 2.25 bits per heavy atom. The van der Waals surface area contributed by atoms with E-state index in [0.29, 0.717) is 19.0 Å². The highest BCUT2D eigenvalue weighted by atomic mass is 16.5. The maximum Gasteiger partial charge on any atom is 0.248 e. The van der Waals surface area contributed by atoms with E-state index in [1.807, 2.05) is 0 Å². The highest BCUT2D eigenvalue weighted by molar-refractivity contribution is 5.78. The van der Waals surface area contributed by atoms with Crippen molar-refractivity contribution in [2.75, 3.05) is 32.1 Å². The molecule has 0 saturated carbocycles. The molecule has 16 heavy (non-hydrogen) atoms. The van der Waals surface area contributed by atoms with Gasteiger partial charge in [-0.2, -0.15) is 0 Å². The van der Waals surface area contributed by atoms with Crippen LogP contribution >= 0.6 is 0 Å². The molecule has 1 saturated heterocycles. The Hall–Kier alpha value is -1.69. The Kier molecular flexibility index (Phi) is 3.31. The summed E-state index contributed by atoms with van der Waals surface area (Å²) >= 11 is 0. The van der Waals surface area contributed by atoms with Crippen molar-refractivity contribution in [3.63, 3.8) is 0 Å². The van der Waals surface area contributed by atoms with E-state index >= 15 is 0 Å². The van der Waals surface area contributed by atoms with Gasteiger partial charge in [0.2, 0.25) is 11.9 Å². The molecule has 1 N–H and O–H groups in total. The number of likely N-dealkylation sites (tertiary alicyclic amines) is 1. The van der Waals surface area contributed by atoms with Crippen LogP contribution in [0.5, 0.6) is 0 Å². The number of aromatic nitrogens is 2. The van der Waals surface area contributed by atoms with Crippen LogP contribution in [0.3, 0.4) is 0 Å². The molecule has 1 amide bonds. The number of carbonyl (C=O) groups excluding carboxylic acids is 1.